The van der Waals surface area contributed by atoms with E-state index in [1.54, 1.807) is 8.94 Å². The van der Waals surface area contributed by atoms with Crippen LogP contribution in [0.4, 0.5) is 0 Å². The molecule has 0 aliphatic carbocycles. The summed E-state index contributed by atoms with van der Waals surface area (Å²) in [4.78, 5) is 0. The molecule has 46 valence electrons. The van der Waals surface area contributed by atoms with Crippen molar-refractivity contribution in [1.82, 2.24) is 0 Å². The van der Waals surface area contributed by atoms with Gasteiger partial charge in [0.25, 0.3) is 0 Å². The normalized spacial score (nSPS) is 33.0. The van der Waals surface area contributed by atoms with Crippen LogP contribution in [0.2, 0.25) is 8.94 Å². The molecule has 2 aliphatic rings. The molecule has 2 aliphatic heterocycles. The van der Waals surface area contributed by atoms with E-state index in [9.17, 15) is 0 Å². The SMILES string of the molecule is C1OCC12C[Te][Te]C2. The van der Waals surface area contributed by atoms with Crippen LogP contribution in [0.5, 0.6) is 0 Å². The summed E-state index contributed by atoms with van der Waals surface area (Å²) in [6.45, 7) is 2.26. The molecule has 1 spiro atoms. The number of hydrogen-bond acceptors (Lipinski definition) is 1. The summed E-state index contributed by atoms with van der Waals surface area (Å²) in [5.74, 6) is 0. The zero-order valence-electron chi connectivity index (χ0n) is 4.55. The fraction of sp³-hybridized carbons (Fsp3) is 1.00. The topological polar surface area (TPSA) is 9.23 Å². The maximum atomic E-state index is 5.20. The van der Waals surface area contributed by atoms with Gasteiger partial charge in [-0.1, -0.05) is 0 Å². The second-order valence-electron chi connectivity index (χ2n) is 2.52. The van der Waals surface area contributed by atoms with Gasteiger partial charge in [-0.05, 0) is 0 Å². The molecule has 0 bridgehead atoms. The molecule has 0 N–H and O–H groups in total. The molecule has 8 heavy (non-hydrogen) atoms. The van der Waals surface area contributed by atoms with E-state index < -0.39 is 0 Å². The predicted molar refractivity (Wildman–Crippen MR) is 34.4 cm³/mol. The molecular formula is C5H8OTe2. The van der Waals surface area contributed by atoms with Gasteiger partial charge in [-0.3, -0.25) is 0 Å². The van der Waals surface area contributed by atoms with Crippen LogP contribution in [0, 0.1) is 5.41 Å². The summed E-state index contributed by atoms with van der Waals surface area (Å²) in [5, 5.41) is 0. The molecule has 0 unspecified atom stereocenters. The maximum absolute atomic E-state index is 5.20. The number of rotatable bonds is 0. The van der Waals surface area contributed by atoms with Crippen molar-refractivity contribution in [3.63, 3.8) is 0 Å². The Morgan fingerprint density at radius 3 is 2.00 bits per heavy atom. The second-order valence-corrected chi connectivity index (χ2v) is 14.5. The Hall–Kier alpha value is 1.54. The van der Waals surface area contributed by atoms with Crippen molar-refractivity contribution >= 4 is 34.1 Å². The summed E-state index contributed by atoms with van der Waals surface area (Å²) in [6.07, 6.45) is 0. The molecule has 2 heterocycles. The van der Waals surface area contributed by atoms with Gasteiger partial charge in [0.1, 0.15) is 0 Å². The zero-order chi connectivity index (χ0) is 5.45. The first-order valence-corrected chi connectivity index (χ1v) is 13.4. The Morgan fingerprint density at radius 2 is 1.75 bits per heavy atom. The Kier molecular flexibility index (Phi) is 1.80. The van der Waals surface area contributed by atoms with E-state index >= 15 is 0 Å². The monoisotopic (exact) mass is 344 g/mol. The van der Waals surface area contributed by atoms with Gasteiger partial charge in [0.2, 0.25) is 0 Å². The van der Waals surface area contributed by atoms with Crippen LogP contribution in [-0.2, 0) is 4.74 Å². The first-order chi connectivity index (χ1) is 3.91. The summed E-state index contributed by atoms with van der Waals surface area (Å²) < 4.78 is 8.45. The Morgan fingerprint density at radius 1 is 1.12 bits per heavy atom. The molecule has 2 fully saturated rings. The van der Waals surface area contributed by atoms with Gasteiger partial charge in [0.15, 0.2) is 0 Å². The third-order valence-corrected chi connectivity index (χ3v) is 14.0. The third-order valence-electron chi connectivity index (χ3n) is 1.63. The molecule has 0 aromatic rings. The average Bonchev–Trinajstić information content (AvgIpc) is 2.07. The van der Waals surface area contributed by atoms with E-state index in [1.807, 2.05) is 0 Å². The van der Waals surface area contributed by atoms with E-state index in [2.05, 4.69) is 0 Å². The third kappa shape index (κ3) is 0.938. The van der Waals surface area contributed by atoms with Crippen LogP contribution in [0.25, 0.3) is 0 Å². The standard InChI is InChI=1S/C5H8OTe2/c1-5(2-6-1)3-7-8-4-5/h1-4H2. The van der Waals surface area contributed by atoms with E-state index in [0.29, 0.717) is 34.1 Å². The quantitative estimate of drug-likeness (QED) is 0.572. The van der Waals surface area contributed by atoms with Crippen molar-refractivity contribution in [2.75, 3.05) is 13.2 Å². The minimum absolute atomic E-state index is 0.596. The summed E-state index contributed by atoms with van der Waals surface area (Å²) >= 11 is 1.19. The van der Waals surface area contributed by atoms with Crippen LogP contribution in [0.3, 0.4) is 0 Å². The first kappa shape index (κ1) is 6.26. The molecule has 0 saturated carbocycles. The molecular weight excluding hydrogens is 331 g/mol. The molecule has 1 nitrogen and oxygen atoms in total. The van der Waals surface area contributed by atoms with Gasteiger partial charge < -0.3 is 0 Å². The van der Waals surface area contributed by atoms with Gasteiger partial charge in [-0.15, -0.1) is 0 Å². The molecule has 0 aromatic heterocycles. The number of ether oxygens (including phenoxy) is 1. The first-order valence-electron chi connectivity index (χ1n) is 2.74. The Bertz CT molecular complexity index is 92.6. The van der Waals surface area contributed by atoms with E-state index in [1.165, 1.54) is 0 Å². The van der Waals surface area contributed by atoms with Crippen molar-refractivity contribution in [2.24, 2.45) is 5.41 Å². The number of hydrogen-bond donors (Lipinski definition) is 0. The molecule has 3 heteroatoms. The molecule has 0 aromatic carbocycles. The van der Waals surface area contributed by atoms with Crippen molar-refractivity contribution in [3.8, 4) is 0 Å². The van der Waals surface area contributed by atoms with E-state index in [4.69, 9.17) is 4.74 Å². The molecule has 0 atom stereocenters. The zero-order valence-corrected chi connectivity index (χ0v) is 9.21. The average molecular weight is 339 g/mol. The molecule has 2 rings (SSSR count). The van der Waals surface area contributed by atoms with Crippen LogP contribution in [0.1, 0.15) is 0 Å². The fourth-order valence-electron chi connectivity index (χ4n) is 0.932. The molecule has 0 amide bonds. The van der Waals surface area contributed by atoms with Gasteiger partial charge in [-0.25, -0.2) is 0 Å². The Labute approximate surface area is 65.9 Å². The van der Waals surface area contributed by atoms with Gasteiger partial charge in [-0.2, -0.15) is 0 Å². The predicted octanol–water partition coefficient (Wildman–Crippen LogP) is 0.177. The minimum atomic E-state index is 0.596. The molecule has 0 radical (unpaired) electrons. The summed E-state index contributed by atoms with van der Waals surface area (Å²) in [6, 6.07) is 0. The van der Waals surface area contributed by atoms with E-state index in [0.717, 1.165) is 18.6 Å². The fourth-order valence-corrected chi connectivity index (χ4v) is 18.4. The van der Waals surface area contributed by atoms with Gasteiger partial charge >= 0.3 is 66.4 Å². The second kappa shape index (κ2) is 2.30. The van der Waals surface area contributed by atoms with Crippen molar-refractivity contribution in [1.29, 1.82) is 0 Å². The van der Waals surface area contributed by atoms with E-state index in [-0.39, 0.29) is 0 Å². The van der Waals surface area contributed by atoms with Gasteiger partial charge in [0.05, 0.1) is 0 Å². The summed E-state index contributed by atoms with van der Waals surface area (Å²) in [7, 11) is 0. The van der Waals surface area contributed by atoms with Gasteiger partial charge in [0, 0.05) is 0 Å². The van der Waals surface area contributed by atoms with Crippen LogP contribution in [0.15, 0.2) is 0 Å². The van der Waals surface area contributed by atoms with Crippen molar-refractivity contribution in [3.05, 3.63) is 0 Å². The van der Waals surface area contributed by atoms with Crippen molar-refractivity contribution in [2.45, 2.75) is 8.94 Å². The molecule has 2 saturated heterocycles. The van der Waals surface area contributed by atoms with Crippen LogP contribution in [-0.4, -0.2) is 47.3 Å². The Balaban J connectivity index is 2.01. The van der Waals surface area contributed by atoms with Crippen LogP contribution >= 0.6 is 0 Å². The van der Waals surface area contributed by atoms with Crippen molar-refractivity contribution < 1.29 is 4.74 Å². The summed E-state index contributed by atoms with van der Waals surface area (Å²) in [5.41, 5.74) is 0.810. The van der Waals surface area contributed by atoms with Crippen LogP contribution < -0.4 is 0 Å².